The molecule has 2 aliphatic rings. The Morgan fingerprint density at radius 2 is 1.88 bits per heavy atom. The van der Waals surface area contributed by atoms with E-state index in [9.17, 15) is 9.18 Å². The largest absolute Gasteiger partial charge is 0.381 e. The number of ether oxygens (including phenoxy) is 2. The molecule has 2 heterocycles. The van der Waals surface area contributed by atoms with E-state index in [0.29, 0.717) is 25.3 Å². The second-order valence-corrected chi connectivity index (χ2v) is 6.31. The monoisotopic (exact) mass is 336 g/mol. The van der Waals surface area contributed by atoms with Crippen LogP contribution in [-0.2, 0) is 9.47 Å². The van der Waals surface area contributed by atoms with Gasteiger partial charge in [0, 0.05) is 51.0 Å². The topological polar surface area (TPSA) is 42.0 Å². The zero-order valence-electron chi connectivity index (χ0n) is 14.0. The van der Waals surface area contributed by atoms with Gasteiger partial charge in [-0.05, 0) is 31.0 Å². The highest BCUT2D eigenvalue weighted by atomic mass is 19.1. The van der Waals surface area contributed by atoms with Crippen LogP contribution < -0.4 is 0 Å². The lowest BCUT2D eigenvalue weighted by atomic mass is 10.0. The molecule has 0 aliphatic carbocycles. The molecule has 0 bridgehead atoms. The number of amides is 1. The molecule has 2 fully saturated rings. The fourth-order valence-electron chi connectivity index (χ4n) is 3.31. The standard InChI is InChI=1S/C18H25FN2O3/c19-16-3-1-2-15(14-16)18(22)21(17-4-10-23-11-5-17)7-6-20-8-12-24-13-9-20/h1-3,14,17H,4-13H2. The Hall–Kier alpha value is -1.50. The van der Waals surface area contributed by atoms with Crippen LogP contribution in [0.1, 0.15) is 23.2 Å². The van der Waals surface area contributed by atoms with Crippen LogP contribution in [0.2, 0.25) is 0 Å². The molecule has 0 atom stereocenters. The van der Waals surface area contributed by atoms with E-state index in [1.807, 2.05) is 4.90 Å². The lowest BCUT2D eigenvalue weighted by Gasteiger charge is -2.36. The number of hydrogen-bond acceptors (Lipinski definition) is 4. The molecule has 5 nitrogen and oxygen atoms in total. The molecule has 0 saturated carbocycles. The van der Waals surface area contributed by atoms with Crippen molar-refractivity contribution >= 4 is 5.91 Å². The second-order valence-electron chi connectivity index (χ2n) is 6.31. The summed E-state index contributed by atoms with van der Waals surface area (Å²) >= 11 is 0. The summed E-state index contributed by atoms with van der Waals surface area (Å²) in [6.07, 6.45) is 1.67. The predicted octanol–water partition coefficient (Wildman–Crippen LogP) is 1.78. The highest BCUT2D eigenvalue weighted by Crippen LogP contribution is 2.18. The number of benzene rings is 1. The minimum Gasteiger partial charge on any atom is -0.381 e. The quantitative estimate of drug-likeness (QED) is 0.822. The fraction of sp³-hybridized carbons (Fsp3) is 0.611. The molecule has 1 aromatic rings. The Kier molecular flexibility index (Phi) is 6.18. The van der Waals surface area contributed by atoms with Gasteiger partial charge in [-0.2, -0.15) is 0 Å². The van der Waals surface area contributed by atoms with Crippen LogP contribution in [0.25, 0.3) is 0 Å². The van der Waals surface area contributed by atoms with Crippen molar-refractivity contribution in [3.63, 3.8) is 0 Å². The first-order valence-corrected chi connectivity index (χ1v) is 8.68. The average Bonchev–Trinajstić information content (AvgIpc) is 2.63. The first-order chi connectivity index (χ1) is 11.7. The summed E-state index contributed by atoms with van der Waals surface area (Å²) in [6.45, 7) is 6.11. The molecular formula is C18H25FN2O3. The van der Waals surface area contributed by atoms with Gasteiger partial charge in [0.2, 0.25) is 0 Å². The van der Waals surface area contributed by atoms with Crippen molar-refractivity contribution < 1.29 is 18.7 Å². The average molecular weight is 336 g/mol. The van der Waals surface area contributed by atoms with E-state index < -0.39 is 0 Å². The molecular weight excluding hydrogens is 311 g/mol. The predicted molar refractivity (Wildman–Crippen MR) is 88.5 cm³/mol. The van der Waals surface area contributed by atoms with Crippen LogP contribution >= 0.6 is 0 Å². The third kappa shape index (κ3) is 4.53. The van der Waals surface area contributed by atoms with E-state index in [1.54, 1.807) is 12.1 Å². The van der Waals surface area contributed by atoms with E-state index in [0.717, 1.165) is 45.7 Å². The van der Waals surface area contributed by atoms with Gasteiger partial charge in [0.05, 0.1) is 13.2 Å². The van der Waals surface area contributed by atoms with Gasteiger partial charge in [0.1, 0.15) is 5.82 Å². The number of halogens is 1. The van der Waals surface area contributed by atoms with Gasteiger partial charge in [-0.15, -0.1) is 0 Å². The van der Waals surface area contributed by atoms with Crippen molar-refractivity contribution in [2.45, 2.75) is 18.9 Å². The number of nitrogens with zero attached hydrogens (tertiary/aromatic N) is 2. The molecule has 1 amide bonds. The normalized spacial score (nSPS) is 20.0. The summed E-state index contributed by atoms with van der Waals surface area (Å²) in [6, 6.07) is 6.13. The zero-order chi connectivity index (χ0) is 16.8. The minimum atomic E-state index is -0.374. The van der Waals surface area contributed by atoms with Crippen molar-refractivity contribution in [2.75, 3.05) is 52.6 Å². The van der Waals surface area contributed by atoms with Gasteiger partial charge in [-0.25, -0.2) is 4.39 Å². The van der Waals surface area contributed by atoms with Crippen LogP contribution in [-0.4, -0.2) is 74.4 Å². The molecule has 0 N–H and O–H groups in total. The fourth-order valence-corrected chi connectivity index (χ4v) is 3.31. The van der Waals surface area contributed by atoms with E-state index in [1.165, 1.54) is 12.1 Å². The van der Waals surface area contributed by atoms with Crippen molar-refractivity contribution in [1.29, 1.82) is 0 Å². The van der Waals surface area contributed by atoms with Gasteiger partial charge in [0.25, 0.3) is 5.91 Å². The van der Waals surface area contributed by atoms with E-state index >= 15 is 0 Å². The molecule has 2 aliphatic heterocycles. The van der Waals surface area contributed by atoms with E-state index in [2.05, 4.69) is 4.90 Å². The van der Waals surface area contributed by atoms with Crippen LogP contribution in [0.5, 0.6) is 0 Å². The molecule has 0 radical (unpaired) electrons. The molecule has 132 valence electrons. The Morgan fingerprint density at radius 1 is 1.17 bits per heavy atom. The van der Waals surface area contributed by atoms with Gasteiger partial charge in [-0.3, -0.25) is 9.69 Å². The van der Waals surface area contributed by atoms with Crippen LogP contribution in [0, 0.1) is 5.82 Å². The van der Waals surface area contributed by atoms with Gasteiger partial charge < -0.3 is 14.4 Å². The summed E-state index contributed by atoms with van der Waals surface area (Å²) in [4.78, 5) is 17.2. The number of hydrogen-bond donors (Lipinski definition) is 0. The third-order valence-electron chi connectivity index (χ3n) is 4.72. The smallest absolute Gasteiger partial charge is 0.254 e. The van der Waals surface area contributed by atoms with Gasteiger partial charge >= 0.3 is 0 Å². The summed E-state index contributed by atoms with van der Waals surface area (Å²) in [5, 5.41) is 0. The number of carbonyl (C=O) groups is 1. The van der Waals surface area contributed by atoms with Gasteiger partial charge in [-0.1, -0.05) is 6.07 Å². The van der Waals surface area contributed by atoms with Crippen LogP contribution in [0.3, 0.4) is 0 Å². The number of rotatable bonds is 5. The van der Waals surface area contributed by atoms with E-state index in [-0.39, 0.29) is 17.8 Å². The summed E-state index contributed by atoms with van der Waals surface area (Å²) in [7, 11) is 0. The second kappa shape index (κ2) is 8.55. The van der Waals surface area contributed by atoms with Crippen LogP contribution in [0.4, 0.5) is 4.39 Å². The molecule has 0 unspecified atom stereocenters. The third-order valence-corrected chi connectivity index (χ3v) is 4.72. The molecule has 6 heteroatoms. The molecule has 1 aromatic carbocycles. The zero-order valence-corrected chi connectivity index (χ0v) is 14.0. The Morgan fingerprint density at radius 3 is 2.58 bits per heavy atom. The highest BCUT2D eigenvalue weighted by molar-refractivity contribution is 5.94. The minimum absolute atomic E-state index is 0.0883. The Balaban J connectivity index is 1.69. The molecule has 2 saturated heterocycles. The first kappa shape index (κ1) is 17.3. The lowest BCUT2D eigenvalue weighted by molar-refractivity contribution is 0.0141. The number of morpholine rings is 1. The van der Waals surface area contributed by atoms with Crippen LogP contribution in [0.15, 0.2) is 24.3 Å². The number of carbonyl (C=O) groups excluding carboxylic acids is 1. The van der Waals surface area contributed by atoms with Gasteiger partial charge in [0.15, 0.2) is 0 Å². The summed E-state index contributed by atoms with van der Waals surface area (Å²) < 4.78 is 24.3. The van der Waals surface area contributed by atoms with Crippen molar-refractivity contribution in [3.05, 3.63) is 35.6 Å². The van der Waals surface area contributed by atoms with Crippen molar-refractivity contribution in [1.82, 2.24) is 9.80 Å². The summed E-state index contributed by atoms with van der Waals surface area (Å²) in [5.41, 5.74) is 0.420. The van der Waals surface area contributed by atoms with Crippen molar-refractivity contribution in [2.24, 2.45) is 0 Å². The summed E-state index contributed by atoms with van der Waals surface area (Å²) in [5.74, 6) is -0.462. The Bertz CT molecular complexity index is 543. The SMILES string of the molecule is O=C(c1cccc(F)c1)N(CCN1CCOCC1)C1CCOCC1. The maximum Gasteiger partial charge on any atom is 0.254 e. The Labute approximate surface area is 142 Å². The maximum absolute atomic E-state index is 13.5. The van der Waals surface area contributed by atoms with Crippen molar-refractivity contribution in [3.8, 4) is 0 Å². The first-order valence-electron chi connectivity index (χ1n) is 8.68. The lowest BCUT2D eigenvalue weighted by Crippen LogP contribution is -2.48. The molecule has 3 rings (SSSR count). The molecule has 0 spiro atoms. The molecule has 24 heavy (non-hydrogen) atoms. The van der Waals surface area contributed by atoms with E-state index in [4.69, 9.17) is 9.47 Å². The molecule has 0 aromatic heterocycles. The highest BCUT2D eigenvalue weighted by Gasteiger charge is 2.27. The maximum atomic E-state index is 13.5.